The van der Waals surface area contributed by atoms with E-state index in [1.807, 2.05) is 0 Å². The van der Waals surface area contributed by atoms with Gasteiger partial charge in [0, 0.05) is 23.5 Å². The molecule has 0 amide bonds. The maximum absolute atomic E-state index is 12.9. The molecule has 108 valence electrons. The number of halogens is 1. The number of aromatic nitrogens is 1. The van der Waals surface area contributed by atoms with E-state index >= 15 is 0 Å². The fraction of sp³-hybridized carbons (Fsp3) is 0.438. The molecule has 2 nitrogen and oxygen atoms in total. The number of thiazole rings is 1. The van der Waals surface area contributed by atoms with Gasteiger partial charge in [-0.05, 0) is 37.1 Å². The fourth-order valence-electron chi connectivity index (χ4n) is 1.93. The average Bonchev–Trinajstić information content (AvgIpc) is 2.93. The van der Waals surface area contributed by atoms with Gasteiger partial charge in [0.1, 0.15) is 10.8 Å². The van der Waals surface area contributed by atoms with Crippen LogP contribution in [0.15, 0.2) is 29.6 Å². The van der Waals surface area contributed by atoms with Gasteiger partial charge in [0.15, 0.2) is 0 Å². The predicted octanol–water partition coefficient (Wildman–Crippen LogP) is 4.47. The highest BCUT2D eigenvalue weighted by Gasteiger charge is 2.10. The highest BCUT2D eigenvalue weighted by atomic mass is 32.1. The van der Waals surface area contributed by atoms with Crippen LogP contribution < -0.4 is 5.32 Å². The first-order chi connectivity index (χ1) is 9.60. The lowest BCUT2D eigenvalue weighted by molar-refractivity contribution is 0.388. The third-order valence-corrected chi connectivity index (χ3v) is 4.69. The van der Waals surface area contributed by atoms with E-state index in [2.05, 4.69) is 36.5 Å². The summed E-state index contributed by atoms with van der Waals surface area (Å²) in [5, 5.41) is 6.51. The van der Waals surface area contributed by atoms with Crippen LogP contribution in [0.25, 0.3) is 10.6 Å². The first-order valence-corrected chi connectivity index (χ1v) is 7.91. The number of benzene rings is 1. The van der Waals surface area contributed by atoms with E-state index in [0.717, 1.165) is 22.8 Å². The topological polar surface area (TPSA) is 24.9 Å². The second kappa shape index (κ2) is 6.95. The summed E-state index contributed by atoms with van der Waals surface area (Å²) < 4.78 is 12.9. The molecule has 1 heterocycles. The van der Waals surface area contributed by atoms with Gasteiger partial charge in [0.2, 0.25) is 0 Å². The van der Waals surface area contributed by atoms with Crippen LogP contribution in [0.1, 0.15) is 32.9 Å². The highest BCUT2D eigenvalue weighted by molar-refractivity contribution is 7.13. The third kappa shape index (κ3) is 3.87. The van der Waals surface area contributed by atoms with E-state index < -0.39 is 0 Å². The Morgan fingerprint density at radius 1 is 1.25 bits per heavy atom. The molecule has 0 spiro atoms. The van der Waals surface area contributed by atoms with Crippen LogP contribution >= 0.6 is 11.3 Å². The molecule has 2 atom stereocenters. The molecule has 1 aromatic carbocycles. The quantitative estimate of drug-likeness (QED) is 0.849. The molecule has 2 rings (SSSR count). The van der Waals surface area contributed by atoms with Crippen LogP contribution in [0.2, 0.25) is 0 Å². The van der Waals surface area contributed by atoms with Gasteiger partial charge < -0.3 is 5.32 Å². The molecule has 0 saturated heterocycles. The second-order valence-electron chi connectivity index (χ2n) is 5.21. The van der Waals surface area contributed by atoms with Crippen LogP contribution in [0.4, 0.5) is 4.39 Å². The minimum absolute atomic E-state index is 0.213. The Morgan fingerprint density at radius 3 is 2.60 bits per heavy atom. The molecule has 0 aliphatic rings. The summed E-state index contributed by atoms with van der Waals surface area (Å²) in [7, 11) is 0. The van der Waals surface area contributed by atoms with Gasteiger partial charge >= 0.3 is 0 Å². The van der Waals surface area contributed by atoms with E-state index in [1.165, 1.54) is 18.6 Å². The molecule has 2 aromatic rings. The third-order valence-electron chi connectivity index (χ3n) is 3.75. The van der Waals surface area contributed by atoms with E-state index in [-0.39, 0.29) is 5.82 Å². The van der Waals surface area contributed by atoms with Gasteiger partial charge in [0.25, 0.3) is 0 Å². The van der Waals surface area contributed by atoms with Crippen molar-refractivity contribution in [3.05, 3.63) is 41.2 Å². The minimum atomic E-state index is -0.213. The number of nitrogens with one attached hydrogen (secondary N) is 1. The lowest BCUT2D eigenvalue weighted by Gasteiger charge is -2.19. The van der Waals surface area contributed by atoms with E-state index in [1.54, 1.807) is 23.5 Å². The Morgan fingerprint density at radius 2 is 1.95 bits per heavy atom. The van der Waals surface area contributed by atoms with Gasteiger partial charge in [0.05, 0.1) is 5.69 Å². The lowest BCUT2D eigenvalue weighted by atomic mass is 10.0. The first kappa shape index (κ1) is 15.1. The second-order valence-corrected chi connectivity index (χ2v) is 6.06. The largest absolute Gasteiger partial charge is 0.308 e. The summed E-state index contributed by atoms with van der Waals surface area (Å²) in [6.45, 7) is 7.45. The Bertz CT molecular complexity index is 536. The van der Waals surface area contributed by atoms with Gasteiger partial charge in [-0.25, -0.2) is 9.37 Å². The summed E-state index contributed by atoms with van der Waals surface area (Å²) >= 11 is 1.60. The van der Waals surface area contributed by atoms with Crippen LogP contribution in [-0.4, -0.2) is 11.0 Å². The number of hydrogen-bond donors (Lipinski definition) is 1. The molecule has 0 radical (unpaired) electrons. The van der Waals surface area contributed by atoms with Crippen LogP contribution in [0.3, 0.4) is 0 Å². The molecule has 1 N–H and O–H groups in total. The molecule has 0 saturated carbocycles. The SMILES string of the molecule is CCC(C)C(C)NCc1csc(-c2ccc(F)cc2)n1. The highest BCUT2D eigenvalue weighted by Crippen LogP contribution is 2.24. The molecule has 0 aliphatic heterocycles. The van der Waals surface area contributed by atoms with Gasteiger partial charge in [-0.2, -0.15) is 0 Å². The van der Waals surface area contributed by atoms with Crippen molar-refractivity contribution in [2.24, 2.45) is 5.92 Å². The number of rotatable bonds is 6. The zero-order valence-corrected chi connectivity index (χ0v) is 13.0. The molecular formula is C16H21FN2S. The lowest BCUT2D eigenvalue weighted by Crippen LogP contribution is -2.31. The van der Waals surface area contributed by atoms with Crippen molar-refractivity contribution in [1.82, 2.24) is 10.3 Å². The van der Waals surface area contributed by atoms with Crippen molar-refractivity contribution in [1.29, 1.82) is 0 Å². The van der Waals surface area contributed by atoms with Gasteiger partial charge in [-0.15, -0.1) is 11.3 Å². The molecule has 0 aliphatic carbocycles. The van der Waals surface area contributed by atoms with Crippen molar-refractivity contribution in [3.63, 3.8) is 0 Å². The predicted molar refractivity (Wildman–Crippen MR) is 83.3 cm³/mol. The summed E-state index contributed by atoms with van der Waals surface area (Å²) in [6, 6.07) is 6.97. The van der Waals surface area contributed by atoms with Crippen LogP contribution in [0, 0.1) is 11.7 Å². The first-order valence-electron chi connectivity index (χ1n) is 7.04. The Hall–Kier alpha value is -1.26. The summed E-state index contributed by atoms with van der Waals surface area (Å²) in [5.74, 6) is 0.444. The molecule has 20 heavy (non-hydrogen) atoms. The Balaban J connectivity index is 1.97. The van der Waals surface area contributed by atoms with Gasteiger partial charge in [-0.3, -0.25) is 0 Å². The van der Waals surface area contributed by atoms with Crippen molar-refractivity contribution in [2.75, 3.05) is 0 Å². The summed E-state index contributed by atoms with van der Waals surface area (Å²) in [6.07, 6.45) is 1.17. The van der Waals surface area contributed by atoms with Gasteiger partial charge in [-0.1, -0.05) is 20.3 Å². The minimum Gasteiger partial charge on any atom is -0.308 e. The maximum atomic E-state index is 12.9. The van der Waals surface area contributed by atoms with Crippen molar-refractivity contribution in [3.8, 4) is 10.6 Å². The standard InChI is InChI=1S/C16H21FN2S/c1-4-11(2)12(3)18-9-15-10-20-16(19-15)13-5-7-14(17)8-6-13/h5-8,10-12,18H,4,9H2,1-3H3. The van der Waals surface area contributed by atoms with Crippen LogP contribution in [0.5, 0.6) is 0 Å². The molecular weight excluding hydrogens is 271 g/mol. The summed E-state index contributed by atoms with van der Waals surface area (Å²) in [4.78, 5) is 4.60. The number of hydrogen-bond acceptors (Lipinski definition) is 3. The monoisotopic (exact) mass is 292 g/mol. The molecule has 1 aromatic heterocycles. The molecule has 0 bridgehead atoms. The van der Waals surface area contributed by atoms with E-state index in [9.17, 15) is 4.39 Å². The van der Waals surface area contributed by atoms with E-state index in [4.69, 9.17) is 0 Å². The molecule has 0 fully saturated rings. The van der Waals surface area contributed by atoms with Crippen molar-refractivity contribution < 1.29 is 4.39 Å². The number of nitrogens with zero attached hydrogens (tertiary/aromatic N) is 1. The fourth-order valence-corrected chi connectivity index (χ4v) is 2.76. The average molecular weight is 292 g/mol. The maximum Gasteiger partial charge on any atom is 0.123 e. The van der Waals surface area contributed by atoms with Crippen molar-refractivity contribution in [2.45, 2.75) is 39.8 Å². The Labute approximate surface area is 124 Å². The van der Waals surface area contributed by atoms with Crippen LogP contribution in [-0.2, 0) is 6.54 Å². The Kier molecular flexibility index (Phi) is 5.26. The smallest absolute Gasteiger partial charge is 0.123 e. The molecule has 4 heteroatoms. The zero-order valence-electron chi connectivity index (χ0n) is 12.2. The normalized spacial score (nSPS) is 14.2. The molecule has 2 unspecified atom stereocenters. The summed E-state index contributed by atoms with van der Waals surface area (Å²) in [5.41, 5.74) is 2.02. The van der Waals surface area contributed by atoms with E-state index in [0.29, 0.717) is 12.0 Å². The zero-order chi connectivity index (χ0) is 14.5. The van der Waals surface area contributed by atoms with Crippen molar-refractivity contribution >= 4 is 11.3 Å².